The molecule has 0 aliphatic carbocycles. The second kappa shape index (κ2) is 9.16. The summed E-state index contributed by atoms with van der Waals surface area (Å²) >= 11 is 1.45. The molecule has 6 heteroatoms. The Labute approximate surface area is 117 Å². The summed E-state index contributed by atoms with van der Waals surface area (Å²) in [5.74, 6) is 0.730. The fourth-order valence-corrected chi connectivity index (χ4v) is 2.02. The van der Waals surface area contributed by atoms with Crippen LogP contribution in [-0.2, 0) is 0 Å². The van der Waals surface area contributed by atoms with E-state index >= 15 is 0 Å². The topological polar surface area (TPSA) is 65.5 Å². The van der Waals surface area contributed by atoms with E-state index < -0.39 is 0 Å². The number of hydrogen-bond acceptors (Lipinski definition) is 3. The van der Waals surface area contributed by atoms with Crippen molar-refractivity contribution in [3.63, 3.8) is 0 Å². The molecule has 1 rings (SSSR count). The van der Waals surface area contributed by atoms with Crippen molar-refractivity contribution in [2.75, 3.05) is 26.7 Å². The molecule has 19 heavy (non-hydrogen) atoms. The van der Waals surface area contributed by atoms with Gasteiger partial charge in [-0.25, -0.2) is 0 Å². The number of thiophene rings is 1. The van der Waals surface area contributed by atoms with Crippen LogP contribution in [0, 0.1) is 0 Å². The van der Waals surface area contributed by atoms with Gasteiger partial charge in [-0.15, -0.1) is 17.9 Å². The van der Waals surface area contributed by atoms with Crippen LogP contribution in [0.3, 0.4) is 0 Å². The summed E-state index contributed by atoms with van der Waals surface area (Å²) in [6, 6.07) is 3.69. The van der Waals surface area contributed by atoms with Gasteiger partial charge in [0.25, 0.3) is 5.91 Å². The first-order chi connectivity index (χ1) is 9.27. The van der Waals surface area contributed by atoms with Crippen LogP contribution in [-0.4, -0.2) is 38.5 Å². The van der Waals surface area contributed by atoms with Crippen LogP contribution < -0.4 is 16.0 Å². The molecule has 1 aromatic heterocycles. The van der Waals surface area contributed by atoms with Gasteiger partial charge in [-0.1, -0.05) is 12.1 Å². The van der Waals surface area contributed by atoms with Gasteiger partial charge in [0.05, 0.1) is 4.88 Å². The van der Waals surface area contributed by atoms with Gasteiger partial charge in [0.2, 0.25) is 0 Å². The summed E-state index contributed by atoms with van der Waals surface area (Å²) in [5, 5.41) is 11.0. The van der Waals surface area contributed by atoms with Crippen molar-refractivity contribution in [3.8, 4) is 0 Å². The Balaban J connectivity index is 2.10. The normalized spacial score (nSPS) is 10.9. The lowest BCUT2D eigenvalue weighted by Crippen LogP contribution is -2.38. The third kappa shape index (κ3) is 6.05. The van der Waals surface area contributed by atoms with E-state index in [0.29, 0.717) is 13.1 Å². The third-order valence-electron chi connectivity index (χ3n) is 2.31. The van der Waals surface area contributed by atoms with Gasteiger partial charge in [0.1, 0.15) is 0 Å². The molecule has 3 N–H and O–H groups in total. The highest BCUT2D eigenvalue weighted by Gasteiger charge is 2.04. The fourth-order valence-electron chi connectivity index (χ4n) is 1.38. The number of nitrogens with one attached hydrogen (secondary N) is 3. The number of amides is 1. The Bertz CT molecular complexity index is 414. The van der Waals surface area contributed by atoms with Crippen LogP contribution >= 0.6 is 11.3 Å². The van der Waals surface area contributed by atoms with Crippen LogP contribution in [0.15, 0.2) is 35.2 Å². The molecule has 104 valence electrons. The molecule has 0 aliphatic rings. The Kier molecular flexibility index (Phi) is 7.34. The molecule has 0 bridgehead atoms. The van der Waals surface area contributed by atoms with Crippen molar-refractivity contribution >= 4 is 23.2 Å². The Morgan fingerprint density at radius 1 is 1.42 bits per heavy atom. The van der Waals surface area contributed by atoms with Crippen molar-refractivity contribution in [2.24, 2.45) is 4.99 Å². The summed E-state index contributed by atoms with van der Waals surface area (Å²) < 4.78 is 0. The maximum atomic E-state index is 11.6. The van der Waals surface area contributed by atoms with Crippen LogP contribution in [0.5, 0.6) is 0 Å². The summed E-state index contributed by atoms with van der Waals surface area (Å²) in [6.07, 6.45) is 2.61. The number of hydrogen-bond donors (Lipinski definition) is 3. The smallest absolute Gasteiger partial charge is 0.261 e. The molecule has 0 saturated heterocycles. The molecule has 0 atom stereocenters. The number of carbonyl (C=O) groups excluding carboxylic acids is 1. The highest BCUT2D eigenvalue weighted by molar-refractivity contribution is 7.12. The highest BCUT2D eigenvalue weighted by Crippen LogP contribution is 2.07. The zero-order chi connectivity index (χ0) is 13.9. The second-order valence-corrected chi connectivity index (χ2v) is 4.70. The lowest BCUT2D eigenvalue weighted by atomic mass is 10.4. The van der Waals surface area contributed by atoms with Crippen molar-refractivity contribution in [1.29, 1.82) is 0 Å². The van der Waals surface area contributed by atoms with Crippen LogP contribution in [0.2, 0.25) is 0 Å². The van der Waals surface area contributed by atoms with Gasteiger partial charge in [0.15, 0.2) is 5.96 Å². The zero-order valence-corrected chi connectivity index (χ0v) is 11.9. The second-order valence-electron chi connectivity index (χ2n) is 3.76. The highest BCUT2D eigenvalue weighted by atomic mass is 32.1. The predicted octanol–water partition coefficient (Wildman–Crippen LogP) is 1.22. The molecule has 0 unspecified atom stereocenters. The van der Waals surface area contributed by atoms with Gasteiger partial charge in [0, 0.05) is 26.7 Å². The van der Waals surface area contributed by atoms with E-state index in [9.17, 15) is 4.79 Å². The van der Waals surface area contributed by atoms with E-state index in [-0.39, 0.29) is 5.91 Å². The van der Waals surface area contributed by atoms with E-state index in [1.807, 2.05) is 17.5 Å². The number of carbonyl (C=O) groups is 1. The predicted molar refractivity (Wildman–Crippen MR) is 80.8 cm³/mol. The maximum Gasteiger partial charge on any atom is 0.261 e. The number of aliphatic imine (C=N–C) groups is 1. The van der Waals surface area contributed by atoms with E-state index in [1.165, 1.54) is 11.3 Å². The maximum absolute atomic E-state index is 11.6. The molecular formula is C13H20N4OS. The lowest BCUT2D eigenvalue weighted by Gasteiger charge is -2.10. The van der Waals surface area contributed by atoms with E-state index in [1.54, 1.807) is 13.1 Å². The standard InChI is InChI=1S/C13H20N4OS/c1-3-7-16-13(14-2)17-9-5-8-15-12(18)11-6-4-10-19-11/h3-4,6,10H,1,5,7-9H2,2H3,(H,15,18)(H2,14,16,17). The van der Waals surface area contributed by atoms with Gasteiger partial charge in [-0.3, -0.25) is 9.79 Å². The van der Waals surface area contributed by atoms with Crippen LogP contribution in [0.1, 0.15) is 16.1 Å². The number of guanidine groups is 1. The molecule has 0 aromatic carbocycles. The Hall–Kier alpha value is -1.82. The Morgan fingerprint density at radius 2 is 2.21 bits per heavy atom. The molecule has 1 aromatic rings. The van der Waals surface area contributed by atoms with Gasteiger partial charge in [-0.2, -0.15) is 0 Å². The summed E-state index contributed by atoms with van der Waals surface area (Å²) in [4.78, 5) is 16.4. The molecule has 0 spiro atoms. The summed E-state index contributed by atoms with van der Waals surface area (Å²) in [7, 11) is 1.72. The number of rotatable bonds is 7. The lowest BCUT2D eigenvalue weighted by molar-refractivity contribution is 0.0957. The van der Waals surface area contributed by atoms with Gasteiger partial charge in [-0.05, 0) is 17.9 Å². The molecule has 1 heterocycles. The SMILES string of the molecule is C=CCNC(=NC)NCCCNC(=O)c1cccs1. The van der Waals surface area contributed by atoms with E-state index in [2.05, 4.69) is 27.5 Å². The third-order valence-corrected chi connectivity index (χ3v) is 3.18. The van der Waals surface area contributed by atoms with E-state index in [4.69, 9.17) is 0 Å². The van der Waals surface area contributed by atoms with Crippen LogP contribution in [0.4, 0.5) is 0 Å². The number of nitrogens with zero attached hydrogens (tertiary/aromatic N) is 1. The molecule has 0 radical (unpaired) electrons. The Morgan fingerprint density at radius 3 is 2.84 bits per heavy atom. The summed E-state index contributed by atoms with van der Waals surface area (Å²) in [6.45, 7) is 5.70. The molecule has 1 amide bonds. The first kappa shape index (κ1) is 15.2. The monoisotopic (exact) mass is 280 g/mol. The average Bonchev–Trinajstić information content (AvgIpc) is 2.95. The molecule has 5 nitrogen and oxygen atoms in total. The zero-order valence-electron chi connectivity index (χ0n) is 11.1. The summed E-state index contributed by atoms with van der Waals surface area (Å²) in [5.41, 5.74) is 0. The van der Waals surface area contributed by atoms with E-state index in [0.717, 1.165) is 23.8 Å². The first-order valence-corrected chi connectivity index (χ1v) is 7.03. The van der Waals surface area contributed by atoms with Crippen molar-refractivity contribution < 1.29 is 4.79 Å². The van der Waals surface area contributed by atoms with Crippen molar-refractivity contribution in [1.82, 2.24) is 16.0 Å². The first-order valence-electron chi connectivity index (χ1n) is 6.15. The largest absolute Gasteiger partial charge is 0.356 e. The minimum Gasteiger partial charge on any atom is -0.356 e. The van der Waals surface area contributed by atoms with Crippen LogP contribution in [0.25, 0.3) is 0 Å². The molecule has 0 fully saturated rings. The van der Waals surface area contributed by atoms with Gasteiger partial charge >= 0.3 is 0 Å². The fraction of sp³-hybridized carbons (Fsp3) is 0.385. The average molecular weight is 280 g/mol. The van der Waals surface area contributed by atoms with Crippen molar-refractivity contribution in [2.45, 2.75) is 6.42 Å². The molecular weight excluding hydrogens is 260 g/mol. The van der Waals surface area contributed by atoms with Gasteiger partial charge < -0.3 is 16.0 Å². The minimum absolute atomic E-state index is 0.0100. The van der Waals surface area contributed by atoms with Crippen molar-refractivity contribution in [3.05, 3.63) is 35.0 Å². The quantitative estimate of drug-likeness (QED) is 0.304. The minimum atomic E-state index is -0.0100. The molecule has 0 aliphatic heterocycles. The molecule has 0 saturated carbocycles.